The van der Waals surface area contributed by atoms with Crippen molar-refractivity contribution in [2.75, 3.05) is 0 Å². The minimum atomic E-state index is -0.236. The summed E-state index contributed by atoms with van der Waals surface area (Å²) in [5.41, 5.74) is 3.59. The second kappa shape index (κ2) is 10.1. The first-order valence-corrected chi connectivity index (χ1v) is 12.7. The molecule has 1 fully saturated rings. The van der Waals surface area contributed by atoms with Crippen LogP contribution in [0.15, 0.2) is 59.8 Å². The van der Waals surface area contributed by atoms with Crippen LogP contribution in [0.3, 0.4) is 0 Å². The zero-order valence-electron chi connectivity index (χ0n) is 20.0. The molecule has 1 atom stereocenters. The van der Waals surface area contributed by atoms with Crippen molar-refractivity contribution in [2.45, 2.75) is 81.8 Å². The Balaban J connectivity index is 1.60. The van der Waals surface area contributed by atoms with Crippen LogP contribution in [-0.2, 0) is 16.8 Å². The molecular weight excluding hydrogens is 428 g/mol. The van der Waals surface area contributed by atoms with Crippen LogP contribution in [0.25, 0.3) is 11.4 Å². The summed E-state index contributed by atoms with van der Waals surface area (Å²) in [4.78, 5) is 12.8. The molecule has 1 aromatic heterocycles. The van der Waals surface area contributed by atoms with Crippen LogP contribution in [0, 0.1) is 0 Å². The predicted octanol–water partition coefficient (Wildman–Crippen LogP) is 5.83. The molecule has 33 heavy (non-hydrogen) atoms. The molecule has 1 heterocycles. The molecular formula is C27H34N4OS. The first kappa shape index (κ1) is 23.6. The molecule has 1 saturated carbocycles. The van der Waals surface area contributed by atoms with Crippen LogP contribution in [0.2, 0.25) is 0 Å². The van der Waals surface area contributed by atoms with Crippen LogP contribution >= 0.6 is 11.8 Å². The van der Waals surface area contributed by atoms with Crippen LogP contribution < -0.4 is 5.32 Å². The molecule has 0 radical (unpaired) electrons. The second-order valence-corrected chi connectivity index (χ2v) is 11.3. The van der Waals surface area contributed by atoms with Crippen LogP contribution in [0.1, 0.15) is 64.5 Å². The third-order valence-corrected chi connectivity index (χ3v) is 7.34. The lowest BCUT2D eigenvalue weighted by molar-refractivity contribution is -0.120. The molecule has 0 saturated heterocycles. The molecule has 2 aromatic carbocycles. The Morgan fingerprint density at radius 1 is 1.06 bits per heavy atom. The van der Waals surface area contributed by atoms with E-state index in [1.165, 1.54) is 35.7 Å². The van der Waals surface area contributed by atoms with Crippen molar-refractivity contribution in [1.82, 2.24) is 20.1 Å². The lowest BCUT2D eigenvalue weighted by Crippen LogP contribution is -2.37. The molecule has 5 nitrogen and oxygen atoms in total. The molecule has 0 spiro atoms. The number of nitrogens with one attached hydrogen (secondary N) is 1. The topological polar surface area (TPSA) is 59.8 Å². The Bertz CT molecular complexity index is 1060. The highest BCUT2D eigenvalue weighted by Crippen LogP contribution is 2.30. The Kier molecular flexibility index (Phi) is 7.23. The highest BCUT2D eigenvalue weighted by atomic mass is 32.2. The quantitative estimate of drug-likeness (QED) is 0.449. The van der Waals surface area contributed by atoms with E-state index < -0.39 is 0 Å². The van der Waals surface area contributed by atoms with Gasteiger partial charge in [0, 0.05) is 11.6 Å². The zero-order chi connectivity index (χ0) is 23.4. The summed E-state index contributed by atoms with van der Waals surface area (Å²) in [5, 5.41) is 12.8. The van der Waals surface area contributed by atoms with Gasteiger partial charge in [0.25, 0.3) is 0 Å². The van der Waals surface area contributed by atoms with E-state index in [9.17, 15) is 4.79 Å². The third kappa shape index (κ3) is 5.85. The van der Waals surface area contributed by atoms with Crippen molar-refractivity contribution < 1.29 is 4.79 Å². The molecule has 4 rings (SSSR count). The van der Waals surface area contributed by atoms with Gasteiger partial charge in [-0.25, -0.2) is 0 Å². The summed E-state index contributed by atoms with van der Waals surface area (Å²) in [6, 6.07) is 19.2. The number of carbonyl (C=O) groups is 1. The summed E-state index contributed by atoms with van der Waals surface area (Å²) in [6.07, 6.45) is 4.58. The highest BCUT2D eigenvalue weighted by molar-refractivity contribution is 8.00. The van der Waals surface area contributed by atoms with Crippen molar-refractivity contribution >= 4 is 17.7 Å². The van der Waals surface area contributed by atoms with Gasteiger partial charge >= 0.3 is 0 Å². The molecule has 6 heteroatoms. The average molecular weight is 463 g/mol. The van der Waals surface area contributed by atoms with Gasteiger partial charge in [0.2, 0.25) is 5.91 Å². The number of thioether (sulfide) groups is 1. The first-order valence-electron chi connectivity index (χ1n) is 11.9. The van der Waals surface area contributed by atoms with E-state index in [4.69, 9.17) is 0 Å². The number of nitrogens with zero attached hydrogens (tertiary/aromatic N) is 3. The number of amides is 1. The predicted molar refractivity (Wildman–Crippen MR) is 135 cm³/mol. The summed E-state index contributed by atoms with van der Waals surface area (Å²) in [5.74, 6) is 0.905. The largest absolute Gasteiger partial charge is 0.352 e. The van der Waals surface area contributed by atoms with Crippen LogP contribution in [0.4, 0.5) is 0 Å². The van der Waals surface area contributed by atoms with Gasteiger partial charge in [-0.3, -0.25) is 9.36 Å². The molecule has 1 unspecified atom stereocenters. The van der Waals surface area contributed by atoms with Crippen LogP contribution in [0.5, 0.6) is 0 Å². The van der Waals surface area contributed by atoms with Gasteiger partial charge in [0.15, 0.2) is 11.0 Å². The molecule has 0 bridgehead atoms. The third-order valence-electron chi connectivity index (χ3n) is 6.26. The highest BCUT2D eigenvalue weighted by Gasteiger charge is 2.24. The minimum absolute atomic E-state index is 0.0808. The minimum Gasteiger partial charge on any atom is -0.352 e. The maximum Gasteiger partial charge on any atom is 0.233 e. The molecule has 1 amide bonds. The van der Waals surface area contributed by atoms with Crippen molar-refractivity contribution in [3.63, 3.8) is 0 Å². The van der Waals surface area contributed by atoms with E-state index in [1.807, 2.05) is 25.1 Å². The lowest BCUT2D eigenvalue weighted by atomic mass is 9.87. The van der Waals surface area contributed by atoms with E-state index in [-0.39, 0.29) is 16.6 Å². The maximum absolute atomic E-state index is 12.8. The molecule has 1 N–H and O–H groups in total. The monoisotopic (exact) mass is 462 g/mol. The number of hydrogen-bond acceptors (Lipinski definition) is 4. The Labute approximate surface area is 201 Å². The average Bonchev–Trinajstić information content (AvgIpc) is 3.44. The number of benzene rings is 2. The van der Waals surface area contributed by atoms with E-state index in [1.54, 1.807) is 0 Å². The van der Waals surface area contributed by atoms with Crippen molar-refractivity contribution in [2.24, 2.45) is 0 Å². The second-order valence-electron chi connectivity index (χ2n) is 9.96. The van der Waals surface area contributed by atoms with E-state index >= 15 is 0 Å². The SMILES string of the molecule is CC(Sc1nnc(-c2ccc(C(C)(C)C)cc2)n1Cc1ccccc1)C(=O)NC1CCCC1. The summed E-state index contributed by atoms with van der Waals surface area (Å²) in [6.45, 7) is 9.25. The Morgan fingerprint density at radius 3 is 2.36 bits per heavy atom. The van der Waals surface area contributed by atoms with Gasteiger partial charge < -0.3 is 5.32 Å². The van der Waals surface area contributed by atoms with E-state index in [0.717, 1.165) is 29.4 Å². The smallest absolute Gasteiger partial charge is 0.233 e. The molecule has 0 aliphatic heterocycles. The number of hydrogen-bond donors (Lipinski definition) is 1. The van der Waals surface area contributed by atoms with Crippen molar-refractivity contribution in [3.05, 3.63) is 65.7 Å². The fraction of sp³-hybridized carbons (Fsp3) is 0.444. The van der Waals surface area contributed by atoms with Crippen molar-refractivity contribution in [1.29, 1.82) is 0 Å². The standard InChI is InChI=1S/C27H34N4OS/c1-19(25(32)28-23-12-8-9-13-23)33-26-30-29-24(31(26)18-20-10-6-5-7-11-20)21-14-16-22(17-15-21)27(2,3)4/h5-7,10-11,14-17,19,23H,8-9,12-13,18H2,1-4H3,(H,28,32). The number of carbonyl (C=O) groups excluding carboxylic acids is 1. The van der Waals surface area contributed by atoms with Gasteiger partial charge in [0.05, 0.1) is 11.8 Å². The fourth-order valence-electron chi connectivity index (χ4n) is 4.22. The van der Waals surface area contributed by atoms with Crippen molar-refractivity contribution in [3.8, 4) is 11.4 Å². The van der Waals surface area contributed by atoms with Gasteiger partial charge in [-0.05, 0) is 36.3 Å². The molecule has 174 valence electrons. The molecule has 1 aliphatic rings. The molecule has 3 aromatic rings. The normalized spacial score (nSPS) is 15.5. The first-order chi connectivity index (χ1) is 15.8. The Morgan fingerprint density at radius 2 is 1.73 bits per heavy atom. The lowest BCUT2D eigenvalue weighted by Gasteiger charge is -2.19. The van der Waals surface area contributed by atoms with Crippen LogP contribution in [-0.4, -0.2) is 32.0 Å². The van der Waals surface area contributed by atoms with Gasteiger partial charge in [0.1, 0.15) is 0 Å². The summed E-state index contributed by atoms with van der Waals surface area (Å²) in [7, 11) is 0. The van der Waals surface area contributed by atoms with Gasteiger partial charge in [-0.1, -0.05) is 100.0 Å². The van der Waals surface area contributed by atoms with Gasteiger partial charge in [-0.2, -0.15) is 0 Å². The fourth-order valence-corrected chi connectivity index (χ4v) is 5.08. The molecule has 1 aliphatic carbocycles. The van der Waals surface area contributed by atoms with E-state index in [0.29, 0.717) is 12.6 Å². The Hall–Kier alpha value is -2.60. The van der Waals surface area contributed by atoms with Gasteiger partial charge in [-0.15, -0.1) is 10.2 Å². The number of rotatable bonds is 7. The maximum atomic E-state index is 12.8. The number of aromatic nitrogens is 3. The summed E-state index contributed by atoms with van der Waals surface area (Å²) >= 11 is 1.48. The zero-order valence-corrected chi connectivity index (χ0v) is 20.9. The summed E-state index contributed by atoms with van der Waals surface area (Å²) < 4.78 is 2.13. The van der Waals surface area contributed by atoms with E-state index in [2.05, 4.69) is 77.3 Å².